The van der Waals surface area contributed by atoms with Crippen molar-refractivity contribution in [2.45, 2.75) is 26.4 Å². The minimum atomic E-state index is -0.969. The van der Waals surface area contributed by atoms with Crippen molar-refractivity contribution >= 4 is 11.9 Å². The third-order valence-corrected chi connectivity index (χ3v) is 3.36. The monoisotopic (exact) mass is 263 g/mol. The van der Waals surface area contributed by atoms with Crippen LogP contribution in [0.25, 0.3) is 0 Å². The highest BCUT2D eigenvalue weighted by molar-refractivity contribution is 6.00. The largest absolute Gasteiger partial charge is 0.497 e. The molecule has 0 saturated heterocycles. The van der Waals surface area contributed by atoms with Crippen LogP contribution in [0.2, 0.25) is 0 Å². The average Bonchev–Trinajstić information content (AvgIpc) is 2.65. The number of nitrogens with zero attached hydrogens (tertiary/aromatic N) is 1. The molecule has 0 aromatic heterocycles. The summed E-state index contributed by atoms with van der Waals surface area (Å²) in [6.07, 6.45) is 0. The number of methoxy groups -OCH3 is 1. The Labute approximate surface area is 111 Å². The molecule has 1 atom stereocenters. The fraction of sp³-hybridized carbons (Fsp3) is 0.429. The van der Waals surface area contributed by atoms with Gasteiger partial charge in [-0.1, -0.05) is 13.8 Å². The number of rotatable bonds is 4. The number of fused-ring (bicyclic) bond motifs is 1. The Morgan fingerprint density at radius 1 is 1.42 bits per heavy atom. The summed E-state index contributed by atoms with van der Waals surface area (Å²) >= 11 is 0. The van der Waals surface area contributed by atoms with Crippen LogP contribution in [-0.2, 0) is 11.3 Å². The van der Waals surface area contributed by atoms with Crippen LogP contribution in [-0.4, -0.2) is 35.0 Å². The molecule has 0 spiro atoms. The summed E-state index contributed by atoms with van der Waals surface area (Å²) in [6.45, 7) is 3.92. The van der Waals surface area contributed by atoms with E-state index in [9.17, 15) is 14.7 Å². The molecular weight excluding hydrogens is 246 g/mol. The normalized spacial score (nSPS) is 15.6. The second-order valence-corrected chi connectivity index (χ2v) is 4.98. The van der Waals surface area contributed by atoms with Crippen molar-refractivity contribution in [2.24, 2.45) is 5.92 Å². The van der Waals surface area contributed by atoms with E-state index in [1.54, 1.807) is 39.2 Å². The van der Waals surface area contributed by atoms with Crippen molar-refractivity contribution in [3.8, 4) is 5.75 Å². The highest BCUT2D eigenvalue weighted by Gasteiger charge is 2.38. The molecule has 1 aromatic carbocycles. The molecule has 0 bridgehead atoms. The molecular formula is C14H17NO4. The highest BCUT2D eigenvalue weighted by Crippen LogP contribution is 2.29. The fourth-order valence-electron chi connectivity index (χ4n) is 2.45. The van der Waals surface area contributed by atoms with Crippen LogP contribution < -0.4 is 4.74 Å². The summed E-state index contributed by atoms with van der Waals surface area (Å²) in [5.41, 5.74) is 1.38. The van der Waals surface area contributed by atoms with Crippen molar-refractivity contribution in [2.75, 3.05) is 7.11 Å². The summed E-state index contributed by atoms with van der Waals surface area (Å²) < 4.78 is 5.12. The molecule has 5 nitrogen and oxygen atoms in total. The molecule has 5 heteroatoms. The van der Waals surface area contributed by atoms with Crippen molar-refractivity contribution in [3.05, 3.63) is 29.3 Å². The zero-order valence-corrected chi connectivity index (χ0v) is 11.2. The summed E-state index contributed by atoms with van der Waals surface area (Å²) in [4.78, 5) is 25.0. The molecule has 2 rings (SSSR count). The van der Waals surface area contributed by atoms with Gasteiger partial charge in [0.1, 0.15) is 11.8 Å². The molecule has 0 radical (unpaired) electrons. The molecule has 1 amide bonds. The van der Waals surface area contributed by atoms with Gasteiger partial charge in [0.15, 0.2) is 0 Å². The lowest BCUT2D eigenvalue weighted by Gasteiger charge is -2.27. The van der Waals surface area contributed by atoms with Crippen molar-refractivity contribution in [1.82, 2.24) is 4.90 Å². The van der Waals surface area contributed by atoms with E-state index in [0.717, 1.165) is 5.56 Å². The van der Waals surface area contributed by atoms with Gasteiger partial charge in [-0.15, -0.1) is 0 Å². The smallest absolute Gasteiger partial charge is 0.326 e. The number of hydrogen-bond donors (Lipinski definition) is 1. The fourth-order valence-corrected chi connectivity index (χ4v) is 2.45. The van der Waals surface area contributed by atoms with Crippen LogP contribution in [0.5, 0.6) is 5.75 Å². The lowest BCUT2D eigenvalue weighted by atomic mass is 10.0. The number of carbonyl (C=O) groups is 2. The summed E-state index contributed by atoms with van der Waals surface area (Å²) in [5, 5.41) is 9.28. The number of hydrogen-bond acceptors (Lipinski definition) is 3. The molecule has 1 aliphatic rings. The van der Waals surface area contributed by atoms with Gasteiger partial charge in [-0.25, -0.2) is 4.79 Å². The van der Waals surface area contributed by atoms with E-state index in [0.29, 0.717) is 17.9 Å². The van der Waals surface area contributed by atoms with Crippen molar-refractivity contribution in [3.63, 3.8) is 0 Å². The van der Waals surface area contributed by atoms with E-state index in [1.807, 2.05) is 0 Å². The first-order valence-corrected chi connectivity index (χ1v) is 6.16. The van der Waals surface area contributed by atoms with E-state index >= 15 is 0 Å². The van der Waals surface area contributed by atoms with Crippen LogP contribution in [0.3, 0.4) is 0 Å². The topological polar surface area (TPSA) is 66.8 Å². The third-order valence-electron chi connectivity index (χ3n) is 3.36. The molecule has 0 saturated carbocycles. The molecule has 1 aliphatic heterocycles. The maximum atomic E-state index is 12.3. The first kappa shape index (κ1) is 13.4. The summed E-state index contributed by atoms with van der Waals surface area (Å²) in [7, 11) is 1.56. The maximum absolute atomic E-state index is 12.3. The molecule has 0 fully saturated rings. The lowest BCUT2D eigenvalue weighted by Crippen LogP contribution is -2.44. The third kappa shape index (κ3) is 2.28. The minimum Gasteiger partial charge on any atom is -0.497 e. The van der Waals surface area contributed by atoms with Crippen molar-refractivity contribution in [1.29, 1.82) is 0 Å². The number of ether oxygens (including phenoxy) is 1. The Morgan fingerprint density at radius 3 is 2.63 bits per heavy atom. The molecule has 1 heterocycles. The Kier molecular flexibility index (Phi) is 3.46. The van der Waals surface area contributed by atoms with Crippen LogP contribution in [0, 0.1) is 5.92 Å². The Bertz CT molecular complexity index is 524. The second kappa shape index (κ2) is 4.91. The zero-order chi connectivity index (χ0) is 14.2. The van der Waals surface area contributed by atoms with Gasteiger partial charge in [-0.05, 0) is 29.7 Å². The standard InChI is InChI=1S/C14H17NO4/c1-8(2)12(14(17)18)15-7-9-6-10(19-3)4-5-11(9)13(15)16/h4-6,8,12H,7H2,1-3H3,(H,17,18)/t12-/m0/s1. The van der Waals surface area contributed by atoms with E-state index in [-0.39, 0.29) is 11.8 Å². The molecule has 19 heavy (non-hydrogen) atoms. The second-order valence-electron chi connectivity index (χ2n) is 4.98. The minimum absolute atomic E-state index is 0.141. The summed E-state index contributed by atoms with van der Waals surface area (Å²) in [6, 6.07) is 4.39. The SMILES string of the molecule is COc1ccc2c(c1)CN([C@H](C(=O)O)C(C)C)C2=O. The van der Waals surface area contributed by atoms with E-state index in [1.165, 1.54) is 4.90 Å². The predicted molar refractivity (Wildman–Crippen MR) is 69.1 cm³/mol. The number of carboxylic acids is 1. The maximum Gasteiger partial charge on any atom is 0.326 e. The first-order valence-electron chi connectivity index (χ1n) is 6.16. The molecule has 0 unspecified atom stereocenters. The predicted octanol–water partition coefficient (Wildman–Crippen LogP) is 1.76. The van der Waals surface area contributed by atoms with Crippen LogP contribution >= 0.6 is 0 Å². The van der Waals surface area contributed by atoms with Gasteiger partial charge < -0.3 is 14.7 Å². The van der Waals surface area contributed by atoms with Crippen LogP contribution in [0.1, 0.15) is 29.8 Å². The zero-order valence-electron chi connectivity index (χ0n) is 11.2. The molecule has 1 N–H and O–H groups in total. The number of amides is 1. The molecule has 0 aliphatic carbocycles. The van der Waals surface area contributed by atoms with Gasteiger partial charge in [0.2, 0.25) is 0 Å². The van der Waals surface area contributed by atoms with Gasteiger partial charge in [0.25, 0.3) is 5.91 Å². The van der Waals surface area contributed by atoms with E-state index in [4.69, 9.17) is 4.74 Å². The average molecular weight is 263 g/mol. The van der Waals surface area contributed by atoms with Gasteiger partial charge in [0, 0.05) is 12.1 Å². The van der Waals surface area contributed by atoms with E-state index in [2.05, 4.69) is 0 Å². The Balaban J connectivity index is 2.34. The first-order chi connectivity index (χ1) is 8.95. The van der Waals surface area contributed by atoms with Crippen LogP contribution in [0.4, 0.5) is 0 Å². The number of carbonyl (C=O) groups excluding carboxylic acids is 1. The number of carboxylic acid groups (broad SMARTS) is 1. The lowest BCUT2D eigenvalue weighted by molar-refractivity contribution is -0.144. The number of aliphatic carboxylic acids is 1. The molecule has 1 aromatic rings. The van der Waals surface area contributed by atoms with Gasteiger partial charge >= 0.3 is 5.97 Å². The van der Waals surface area contributed by atoms with Gasteiger partial charge in [-0.3, -0.25) is 4.79 Å². The summed E-state index contributed by atoms with van der Waals surface area (Å²) in [5.74, 6) is -0.663. The molecule has 102 valence electrons. The van der Waals surface area contributed by atoms with Crippen molar-refractivity contribution < 1.29 is 19.4 Å². The van der Waals surface area contributed by atoms with Gasteiger partial charge in [-0.2, -0.15) is 0 Å². The van der Waals surface area contributed by atoms with E-state index < -0.39 is 12.0 Å². The van der Waals surface area contributed by atoms with Crippen LogP contribution in [0.15, 0.2) is 18.2 Å². The quantitative estimate of drug-likeness (QED) is 0.898. The van der Waals surface area contributed by atoms with Gasteiger partial charge in [0.05, 0.1) is 7.11 Å². The highest BCUT2D eigenvalue weighted by atomic mass is 16.5. The number of benzene rings is 1. The Hall–Kier alpha value is -2.04. The Morgan fingerprint density at radius 2 is 2.11 bits per heavy atom.